The van der Waals surface area contributed by atoms with Crippen molar-refractivity contribution in [2.24, 2.45) is 0 Å². The van der Waals surface area contributed by atoms with Crippen LogP contribution in [-0.4, -0.2) is 45.7 Å². The van der Waals surface area contributed by atoms with Gasteiger partial charge < -0.3 is 9.47 Å². The van der Waals surface area contributed by atoms with Gasteiger partial charge in [-0.05, 0) is 47.5 Å². The summed E-state index contributed by atoms with van der Waals surface area (Å²) in [6.07, 6.45) is 2.16. The van der Waals surface area contributed by atoms with Gasteiger partial charge in [-0.25, -0.2) is 19.8 Å². The number of piperidine rings is 1. The van der Waals surface area contributed by atoms with Gasteiger partial charge in [0, 0.05) is 24.2 Å². The van der Waals surface area contributed by atoms with Crippen LogP contribution in [0, 0.1) is 13.8 Å². The molecule has 8 nitrogen and oxygen atoms in total. The normalized spacial score (nSPS) is 14.2. The van der Waals surface area contributed by atoms with Crippen LogP contribution in [0.15, 0.2) is 48.5 Å². The summed E-state index contributed by atoms with van der Waals surface area (Å²) in [6.45, 7) is 10.7. The number of rotatable bonds is 5. The molecular weight excluding hydrogens is 468 g/mol. The third kappa shape index (κ3) is 6.92. The van der Waals surface area contributed by atoms with Crippen LogP contribution >= 0.6 is 0 Å². The first-order valence-electron chi connectivity index (χ1n) is 12.6. The van der Waals surface area contributed by atoms with Crippen molar-refractivity contribution in [3.8, 4) is 28.4 Å². The summed E-state index contributed by atoms with van der Waals surface area (Å²) in [6, 6.07) is 15.7. The summed E-state index contributed by atoms with van der Waals surface area (Å²) < 4.78 is 10.9. The average molecular weight is 503 g/mol. The first-order chi connectivity index (χ1) is 17.6. The number of aryl methyl sites for hydroxylation is 2. The lowest BCUT2D eigenvalue weighted by molar-refractivity contribution is 0.0194. The van der Waals surface area contributed by atoms with Crippen LogP contribution in [0.4, 0.5) is 4.79 Å². The molecule has 1 amide bonds. The zero-order valence-corrected chi connectivity index (χ0v) is 22.1. The molecule has 0 spiro atoms. The predicted octanol–water partition coefficient (Wildman–Crippen LogP) is 5.87. The van der Waals surface area contributed by atoms with Gasteiger partial charge in [0.2, 0.25) is 0 Å². The van der Waals surface area contributed by atoms with Crippen molar-refractivity contribution < 1.29 is 19.1 Å². The molecule has 3 aromatic rings. The van der Waals surface area contributed by atoms with E-state index in [0.29, 0.717) is 11.4 Å². The summed E-state index contributed by atoms with van der Waals surface area (Å²) in [7, 11) is 0. The molecule has 1 fully saturated rings. The van der Waals surface area contributed by atoms with Gasteiger partial charge >= 0.3 is 6.16 Å². The van der Waals surface area contributed by atoms with Crippen LogP contribution in [0.3, 0.4) is 0 Å². The number of carbonyl (C=O) groups excluding carboxylic acids is 2. The van der Waals surface area contributed by atoms with E-state index in [4.69, 9.17) is 19.4 Å². The number of hydrogen-bond acceptors (Lipinski definition) is 7. The highest BCUT2D eigenvalue weighted by Gasteiger charge is 2.27. The molecule has 1 N–H and O–H groups in total. The third-order valence-electron chi connectivity index (χ3n) is 5.91. The van der Waals surface area contributed by atoms with E-state index in [1.165, 1.54) is 0 Å². The summed E-state index contributed by atoms with van der Waals surface area (Å²) in [5, 5.41) is 1.87. The van der Waals surface area contributed by atoms with Crippen molar-refractivity contribution in [2.75, 3.05) is 13.1 Å². The van der Waals surface area contributed by atoms with E-state index >= 15 is 0 Å². The quantitative estimate of drug-likeness (QED) is 0.436. The fourth-order valence-electron chi connectivity index (χ4n) is 4.02. The van der Waals surface area contributed by atoms with E-state index in [0.717, 1.165) is 54.6 Å². The molecular formula is C29H34N4O4. The zero-order chi connectivity index (χ0) is 26.6. The Morgan fingerprint density at radius 2 is 1.32 bits per heavy atom. The Balaban J connectivity index is 1.84. The molecule has 0 saturated carbocycles. The second-order valence-corrected chi connectivity index (χ2v) is 10.4. The van der Waals surface area contributed by atoms with Crippen LogP contribution in [0.5, 0.6) is 5.88 Å². The maximum Gasteiger partial charge on any atom is 0.515 e. The maximum absolute atomic E-state index is 13.4. The monoisotopic (exact) mass is 502 g/mol. The van der Waals surface area contributed by atoms with E-state index < -0.39 is 17.7 Å². The predicted molar refractivity (Wildman–Crippen MR) is 142 cm³/mol. The number of nitrogens with one attached hydrogen (secondary N) is 1. The SMILES string of the molecule is Cc1ccc(-c2nc(OC(=O)OC(C)(C)C)c(C(=O)NN3CCCCC3)nc2-c2ccc(C)cc2)cc1. The van der Waals surface area contributed by atoms with Crippen LogP contribution in [0.1, 0.15) is 61.6 Å². The Hall–Kier alpha value is -3.78. The number of hydrazine groups is 1. The minimum atomic E-state index is -0.952. The Labute approximate surface area is 218 Å². The van der Waals surface area contributed by atoms with Crippen molar-refractivity contribution in [3.63, 3.8) is 0 Å². The third-order valence-corrected chi connectivity index (χ3v) is 5.91. The molecule has 0 bridgehead atoms. The molecule has 1 aromatic heterocycles. The van der Waals surface area contributed by atoms with Gasteiger partial charge in [-0.1, -0.05) is 66.1 Å². The van der Waals surface area contributed by atoms with Gasteiger partial charge in [0.25, 0.3) is 11.8 Å². The summed E-state index contributed by atoms with van der Waals surface area (Å²) in [4.78, 5) is 35.5. The number of carbonyl (C=O) groups is 2. The molecule has 194 valence electrons. The van der Waals surface area contributed by atoms with Gasteiger partial charge in [-0.3, -0.25) is 10.2 Å². The first kappa shape index (κ1) is 26.3. The topological polar surface area (TPSA) is 93.7 Å². The molecule has 8 heteroatoms. The van der Waals surface area contributed by atoms with Crippen LogP contribution in [0.2, 0.25) is 0 Å². The van der Waals surface area contributed by atoms with Crippen molar-refractivity contribution in [1.29, 1.82) is 0 Å². The largest absolute Gasteiger partial charge is 0.515 e. The van der Waals surface area contributed by atoms with Crippen molar-refractivity contribution in [3.05, 3.63) is 65.4 Å². The van der Waals surface area contributed by atoms with Crippen molar-refractivity contribution in [1.82, 2.24) is 20.4 Å². The fourth-order valence-corrected chi connectivity index (χ4v) is 4.02. The zero-order valence-electron chi connectivity index (χ0n) is 22.1. The van der Waals surface area contributed by atoms with Gasteiger partial charge in [0.05, 0.1) is 5.69 Å². The molecule has 0 atom stereocenters. The fraction of sp³-hybridized carbons (Fsp3) is 0.379. The average Bonchev–Trinajstić information content (AvgIpc) is 2.84. The summed E-state index contributed by atoms with van der Waals surface area (Å²) >= 11 is 0. The molecule has 4 rings (SSSR count). The Morgan fingerprint density at radius 1 is 0.811 bits per heavy atom. The van der Waals surface area contributed by atoms with Gasteiger partial charge in [0.15, 0.2) is 5.69 Å². The number of aromatic nitrogens is 2. The molecule has 0 aliphatic carbocycles. The second-order valence-electron chi connectivity index (χ2n) is 10.4. The van der Waals surface area contributed by atoms with E-state index in [1.807, 2.05) is 67.4 Å². The van der Waals surface area contributed by atoms with E-state index in [2.05, 4.69) is 5.43 Å². The molecule has 1 saturated heterocycles. The lowest BCUT2D eigenvalue weighted by Gasteiger charge is -2.27. The van der Waals surface area contributed by atoms with Gasteiger partial charge in [-0.2, -0.15) is 0 Å². The number of hydrogen-bond donors (Lipinski definition) is 1. The maximum atomic E-state index is 13.4. The van der Waals surface area contributed by atoms with Crippen LogP contribution < -0.4 is 10.2 Å². The van der Waals surface area contributed by atoms with E-state index in [1.54, 1.807) is 20.8 Å². The molecule has 1 aliphatic heterocycles. The summed E-state index contributed by atoms with van der Waals surface area (Å²) in [5.41, 5.74) is 6.84. The van der Waals surface area contributed by atoms with Gasteiger partial charge in [0.1, 0.15) is 11.3 Å². The smallest absolute Gasteiger partial charge is 0.428 e. The first-order valence-corrected chi connectivity index (χ1v) is 12.6. The number of amides is 1. The minimum Gasteiger partial charge on any atom is -0.428 e. The minimum absolute atomic E-state index is 0.0807. The van der Waals surface area contributed by atoms with Crippen molar-refractivity contribution in [2.45, 2.75) is 59.5 Å². The lowest BCUT2D eigenvalue weighted by atomic mass is 10.0. The Morgan fingerprint density at radius 3 is 1.84 bits per heavy atom. The van der Waals surface area contributed by atoms with Crippen molar-refractivity contribution >= 4 is 12.1 Å². The van der Waals surface area contributed by atoms with Crippen LogP contribution in [0.25, 0.3) is 22.5 Å². The lowest BCUT2D eigenvalue weighted by Crippen LogP contribution is -2.45. The highest BCUT2D eigenvalue weighted by Crippen LogP contribution is 2.33. The second kappa shape index (κ2) is 11.1. The molecule has 37 heavy (non-hydrogen) atoms. The van der Waals surface area contributed by atoms with E-state index in [-0.39, 0.29) is 11.6 Å². The van der Waals surface area contributed by atoms with Gasteiger partial charge in [-0.15, -0.1) is 0 Å². The molecule has 2 aromatic carbocycles. The van der Waals surface area contributed by atoms with E-state index in [9.17, 15) is 9.59 Å². The molecule has 1 aliphatic rings. The number of nitrogens with zero attached hydrogens (tertiary/aromatic N) is 3. The highest BCUT2D eigenvalue weighted by molar-refractivity contribution is 5.96. The molecule has 0 radical (unpaired) electrons. The molecule has 0 unspecified atom stereocenters. The Bertz CT molecular complexity index is 1260. The Kier molecular flexibility index (Phi) is 7.88. The summed E-state index contributed by atoms with van der Waals surface area (Å²) in [5.74, 6) is -0.688. The number of ether oxygens (including phenoxy) is 2. The highest BCUT2D eigenvalue weighted by atomic mass is 16.7. The van der Waals surface area contributed by atoms with Crippen LogP contribution in [-0.2, 0) is 4.74 Å². The molecule has 2 heterocycles. The standard InChI is InChI=1S/C29H34N4O4/c1-19-9-13-21(14-10-19)23-24(22-15-11-20(2)12-16-22)31-27(36-28(35)37-29(3,4)5)25(30-23)26(34)32-33-17-7-6-8-18-33/h9-16H,6-8,17-18H2,1-5H3,(H,32,34). The number of benzene rings is 2.